The molecule has 0 aromatic heterocycles. The number of carbonyl (C=O) groups excluding carboxylic acids is 1. The van der Waals surface area contributed by atoms with Crippen LogP contribution in [0, 0.1) is 5.41 Å². The minimum Gasteiger partial charge on any atom is -0.308 e. The van der Waals surface area contributed by atoms with Crippen LogP contribution in [0.3, 0.4) is 0 Å². The summed E-state index contributed by atoms with van der Waals surface area (Å²) in [4.78, 5) is 11.7. The summed E-state index contributed by atoms with van der Waals surface area (Å²) in [6, 6.07) is 10.0. The van der Waals surface area contributed by atoms with E-state index in [0.717, 1.165) is 29.6 Å². The Labute approximate surface area is 115 Å². The Morgan fingerprint density at radius 3 is 2.32 bits per heavy atom. The highest BCUT2D eigenvalue weighted by molar-refractivity contribution is 6.14. The Bertz CT molecular complexity index is 509. The maximum Gasteiger partial charge on any atom is 0.161 e. The largest absolute Gasteiger partial charge is 0.308 e. The highest BCUT2D eigenvalue weighted by Crippen LogP contribution is 2.29. The first kappa shape index (κ1) is 15.1. The molecule has 1 rings (SSSR count). The van der Waals surface area contributed by atoms with Crippen molar-refractivity contribution in [2.24, 2.45) is 0 Å². The fourth-order valence-electron chi connectivity index (χ4n) is 2.20. The predicted molar refractivity (Wildman–Crippen MR) is 81.5 cm³/mol. The summed E-state index contributed by atoms with van der Waals surface area (Å²) in [6.45, 7) is 5.58. The molecule has 0 aliphatic carbocycles. The molecule has 1 aromatic rings. The Morgan fingerprint density at radius 2 is 1.89 bits per heavy atom. The lowest BCUT2D eigenvalue weighted by Crippen LogP contribution is -2.05. The van der Waals surface area contributed by atoms with E-state index in [-0.39, 0.29) is 5.78 Å². The summed E-state index contributed by atoms with van der Waals surface area (Å²) in [6.07, 6.45) is 4.95. The number of nitrogens with one attached hydrogen (secondary N) is 1. The molecule has 0 heterocycles. The standard InChI is InChI=1S/C17H21NO/c1-4-9-16(17(12-18)13(3)19)15(5-2)14-10-7-6-8-11-14/h5-8,10-12,18H,4,9H2,1-3H3/b15-5-,17-16+,18-12?. The van der Waals surface area contributed by atoms with E-state index in [1.54, 1.807) is 0 Å². The molecule has 0 atom stereocenters. The Morgan fingerprint density at radius 1 is 1.26 bits per heavy atom. The van der Waals surface area contributed by atoms with Gasteiger partial charge in [0.25, 0.3) is 0 Å². The lowest BCUT2D eigenvalue weighted by atomic mass is 9.89. The SMILES string of the molecule is C/C=C(\C(CCC)=C(/C=N)C(C)=O)c1ccccc1. The van der Waals surface area contributed by atoms with Gasteiger partial charge in [0.1, 0.15) is 0 Å². The molecule has 0 fully saturated rings. The Balaban J connectivity index is 3.40. The molecule has 0 bridgehead atoms. The zero-order valence-electron chi connectivity index (χ0n) is 11.9. The number of benzene rings is 1. The van der Waals surface area contributed by atoms with Crippen molar-refractivity contribution in [2.45, 2.75) is 33.6 Å². The molecule has 0 saturated heterocycles. The van der Waals surface area contributed by atoms with Gasteiger partial charge in [-0.3, -0.25) is 4.79 Å². The lowest BCUT2D eigenvalue weighted by molar-refractivity contribution is -0.113. The van der Waals surface area contributed by atoms with Gasteiger partial charge in [-0.15, -0.1) is 0 Å². The van der Waals surface area contributed by atoms with Gasteiger partial charge in [0, 0.05) is 11.8 Å². The third-order valence-corrected chi connectivity index (χ3v) is 3.05. The number of allylic oxidation sites excluding steroid dienone is 4. The summed E-state index contributed by atoms with van der Waals surface area (Å²) in [5.74, 6) is -0.0475. The summed E-state index contributed by atoms with van der Waals surface area (Å²) < 4.78 is 0. The van der Waals surface area contributed by atoms with Crippen LogP contribution in [0.25, 0.3) is 5.57 Å². The molecule has 1 N–H and O–H groups in total. The van der Waals surface area contributed by atoms with Gasteiger partial charge in [-0.1, -0.05) is 49.8 Å². The summed E-state index contributed by atoms with van der Waals surface area (Å²) in [5.41, 5.74) is 3.63. The Hall–Kier alpha value is -1.96. The third kappa shape index (κ3) is 3.75. The van der Waals surface area contributed by atoms with Crippen molar-refractivity contribution in [2.75, 3.05) is 0 Å². The maximum atomic E-state index is 11.7. The highest BCUT2D eigenvalue weighted by Gasteiger charge is 2.14. The first-order valence-corrected chi connectivity index (χ1v) is 6.62. The molecule has 19 heavy (non-hydrogen) atoms. The molecule has 0 radical (unpaired) electrons. The van der Waals surface area contributed by atoms with E-state index in [9.17, 15) is 4.79 Å². The third-order valence-electron chi connectivity index (χ3n) is 3.05. The quantitative estimate of drug-likeness (QED) is 0.456. The van der Waals surface area contributed by atoms with Crippen LogP contribution in [0.15, 0.2) is 47.6 Å². The monoisotopic (exact) mass is 255 g/mol. The molecule has 0 saturated carbocycles. The molecule has 1 aromatic carbocycles. The highest BCUT2D eigenvalue weighted by atomic mass is 16.1. The summed E-state index contributed by atoms with van der Waals surface area (Å²) in [7, 11) is 0. The van der Waals surface area contributed by atoms with E-state index in [0.29, 0.717) is 5.57 Å². The van der Waals surface area contributed by atoms with E-state index in [4.69, 9.17) is 5.41 Å². The predicted octanol–water partition coefficient (Wildman–Crippen LogP) is 4.43. The van der Waals surface area contributed by atoms with Crippen molar-refractivity contribution < 1.29 is 4.79 Å². The van der Waals surface area contributed by atoms with Gasteiger partial charge in [-0.25, -0.2) is 0 Å². The zero-order valence-corrected chi connectivity index (χ0v) is 11.9. The zero-order chi connectivity index (χ0) is 14.3. The van der Waals surface area contributed by atoms with Crippen LogP contribution in [0.2, 0.25) is 0 Å². The minimum absolute atomic E-state index is 0.0475. The minimum atomic E-state index is -0.0475. The smallest absolute Gasteiger partial charge is 0.161 e. The van der Waals surface area contributed by atoms with Crippen LogP contribution >= 0.6 is 0 Å². The van der Waals surface area contributed by atoms with Gasteiger partial charge in [-0.05, 0) is 37.0 Å². The van der Waals surface area contributed by atoms with Crippen molar-refractivity contribution in [1.82, 2.24) is 0 Å². The van der Waals surface area contributed by atoms with Gasteiger partial charge in [0.15, 0.2) is 5.78 Å². The van der Waals surface area contributed by atoms with E-state index in [1.165, 1.54) is 13.1 Å². The topological polar surface area (TPSA) is 40.9 Å². The molecule has 2 heteroatoms. The van der Waals surface area contributed by atoms with Gasteiger partial charge in [0.05, 0.1) is 0 Å². The molecule has 100 valence electrons. The number of hydrogen-bond donors (Lipinski definition) is 1. The van der Waals surface area contributed by atoms with Gasteiger partial charge in [-0.2, -0.15) is 0 Å². The molecule has 0 aliphatic heterocycles. The van der Waals surface area contributed by atoms with Gasteiger partial charge in [0.2, 0.25) is 0 Å². The number of carbonyl (C=O) groups is 1. The molecule has 2 nitrogen and oxygen atoms in total. The molecule has 0 unspecified atom stereocenters. The van der Waals surface area contributed by atoms with Crippen molar-refractivity contribution in [1.29, 1.82) is 5.41 Å². The van der Waals surface area contributed by atoms with Crippen LogP contribution in [0.5, 0.6) is 0 Å². The van der Waals surface area contributed by atoms with E-state index >= 15 is 0 Å². The maximum absolute atomic E-state index is 11.7. The van der Waals surface area contributed by atoms with E-state index < -0.39 is 0 Å². The van der Waals surface area contributed by atoms with Crippen LogP contribution < -0.4 is 0 Å². The average molecular weight is 255 g/mol. The van der Waals surface area contributed by atoms with Gasteiger partial charge < -0.3 is 5.41 Å². The second-order valence-electron chi connectivity index (χ2n) is 4.41. The van der Waals surface area contributed by atoms with Crippen LogP contribution in [-0.4, -0.2) is 12.0 Å². The summed E-state index contributed by atoms with van der Waals surface area (Å²) in [5, 5.41) is 7.50. The first-order valence-electron chi connectivity index (χ1n) is 6.62. The lowest BCUT2D eigenvalue weighted by Gasteiger charge is -2.14. The summed E-state index contributed by atoms with van der Waals surface area (Å²) >= 11 is 0. The van der Waals surface area contributed by atoms with E-state index in [2.05, 4.69) is 6.92 Å². The van der Waals surface area contributed by atoms with Crippen molar-refractivity contribution in [3.8, 4) is 0 Å². The normalized spacial score (nSPS) is 12.9. The molecule has 0 spiro atoms. The Kier molecular flexibility index (Phi) is 5.94. The molecular weight excluding hydrogens is 234 g/mol. The van der Waals surface area contributed by atoms with Crippen molar-refractivity contribution in [3.63, 3.8) is 0 Å². The van der Waals surface area contributed by atoms with Crippen molar-refractivity contribution >= 4 is 17.6 Å². The van der Waals surface area contributed by atoms with Gasteiger partial charge >= 0.3 is 0 Å². The van der Waals surface area contributed by atoms with Crippen LogP contribution in [0.4, 0.5) is 0 Å². The van der Waals surface area contributed by atoms with Crippen LogP contribution in [-0.2, 0) is 4.79 Å². The fourth-order valence-corrected chi connectivity index (χ4v) is 2.20. The van der Waals surface area contributed by atoms with E-state index in [1.807, 2.05) is 43.3 Å². The number of hydrogen-bond acceptors (Lipinski definition) is 2. The second-order valence-corrected chi connectivity index (χ2v) is 4.41. The number of rotatable bonds is 6. The van der Waals surface area contributed by atoms with Crippen molar-refractivity contribution in [3.05, 3.63) is 53.1 Å². The number of Topliss-reactive ketones (excluding diaryl/α,β-unsaturated/α-hetero) is 1. The van der Waals surface area contributed by atoms with Crippen LogP contribution in [0.1, 0.15) is 39.2 Å². The molecule has 0 amide bonds. The fraction of sp³-hybridized carbons (Fsp3) is 0.294. The second kappa shape index (κ2) is 7.47. The number of ketones is 1. The first-order chi connectivity index (χ1) is 9.15. The molecule has 0 aliphatic rings. The molecular formula is C17H21NO. The average Bonchev–Trinajstić information content (AvgIpc) is 2.41.